The first-order chi connectivity index (χ1) is 9.46. The molecule has 112 valence electrons. The molecule has 0 aromatic rings. The van der Waals surface area contributed by atoms with Crippen LogP contribution in [0.1, 0.15) is 6.92 Å². The first kappa shape index (κ1) is 16.5. The van der Waals surface area contributed by atoms with Crippen LogP contribution in [-0.4, -0.2) is 63.2 Å². The molecule has 0 saturated carbocycles. The molecular weight excluding hydrogens is 284 g/mol. The summed E-state index contributed by atoms with van der Waals surface area (Å²) < 4.78 is 14.8. The van der Waals surface area contributed by atoms with Gasteiger partial charge in [-0.2, -0.15) is 0 Å². The molecule has 0 N–H and O–H groups in total. The molecule has 0 bridgehead atoms. The van der Waals surface area contributed by atoms with E-state index in [2.05, 4.69) is 4.99 Å². The minimum Gasteiger partial charge on any atom is -0.473 e. The predicted molar refractivity (Wildman–Crippen MR) is 75.2 cm³/mol. The Balaban J connectivity index is 3.30. The summed E-state index contributed by atoms with van der Waals surface area (Å²) >= 11 is 0.967. The summed E-state index contributed by atoms with van der Waals surface area (Å²) in [6.45, 7) is 2.22. The molecule has 1 aliphatic rings. The summed E-state index contributed by atoms with van der Waals surface area (Å²) in [6.07, 6.45) is -0.653. The number of ether oxygens (including phenoxy) is 3. The average molecular weight is 302 g/mol. The van der Waals surface area contributed by atoms with Crippen molar-refractivity contribution in [3.05, 3.63) is 10.5 Å². The molecule has 20 heavy (non-hydrogen) atoms. The number of nitrogens with zero attached hydrogens (tertiary/aromatic N) is 2. The molecule has 0 spiro atoms. The Labute approximate surface area is 122 Å². The number of rotatable bonds is 4. The highest BCUT2D eigenvalue weighted by atomic mass is 32.2. The minimum atomic E-state index is -0.653. The van der Waals surface area contributed by atoms with E-state index < -0.39 is 18.1 Å². The van der Waals surface area contributed by atoms with E-state index in [1.54, 1.807) is 19.0 Å². The molecule has 8 heteroatoms. The number of esters is 2. The maximum absolute atomic E-state index is 11.9. The van der Waals surface area contributed by atoms with Crippen molar-refractivity contribution < 1.29 is 23.8 Å². The van der Waals surface area contributed by atoms with Gasteiger partial charge in [-0.05, 0) is 32.8 Å². The van der Waals surface area contributed by atoms with E-state index in [1.807, 2.05) is 6.92 Å². The fourth-order valence-electron chi connectivity index (χ4n) is 1.57. The van der Waals surface area contributed by atoms with E-state index in [-0.39, 0.29) is 10.5 Å². The number of carbonyl (C=O) groups excluding carboxylic acids is 2. The van der Waals surface area contributed by atoms with Crippen molar-refractivity contribution in [1.29, 1.82) is 0 Å². The van der Waals surface area contributed by atoms with Gasteiger partial charge in [0, 0.05) is 0 Å². The number of thioether (sulfide) groups is 1. The van der Waals surface area contributed by atoms with Gasteiger partial charge in [-0.25, -0.2) is 14.6 Å². The van der Waals surface area contributed by atoms with E-state index in [0.717, 1.165) is 11.8 Å². The monoisotopic (exact) mass is 302 g/mol. The van der Waals surface area contributed by atoms with Crippen LogP contribution in [0, 0.1) is 0 Å². The smallest absolute Gasteiger partial charge is 0.345 e. The number of methoxy groups -OCH3 is 2. The van der Waals surface area contributed by atoms with Gasteiger partial charge in [0.1, 0.15) is 11.1 Å². The van der Waals surface area contributed by atoms with Crippen LogP contribution in [0.25, 0.3) is 0 Å². The molecule has 0 amide bonds. The fourth-order valence-corrected chi connectivity index (χ4v) is 2.54. The largest absolute Gasteiger partial charge is 0.473 e. The standard InChI is InChI=1S/C12H18N2O5S/c1-6-19-12-13-9(14(2)3)7(10(15)17-4)8(20-12)11(16)18-5/h9H,6H2,1-5H3. The molecule has 0 radical (unpaired) electrons. The van der Waals surface area contributed by atoms with Crippen LogP contribution in [-0.2, 0) is 23.8 Å². The Bertz CT molecular complexity index is 459. The van der Waals surface area contributed by atoms with Crippen LogP contribution in [0.15, 0.2) is 15.5 Å². The van der Waals surface area contributed by atoms with Crippen LogP contribution >= 0.6 is 11.8 Å². The number of likely N-dealkylation sites (N-methyl/N-ethyl adjacent to an activating group) is 1. The normalized spacial score (nSPS) is 18.7. The Morgan fingerprint density at radius 3 is 2.30 bits per heavy atom. The van der Waals surface area contributed by atoms with Gasteiger partial charge in [-0.1, -0.05) is 0 Å². The van der Waals surface area contributed by atoms with Gasteiger partial charge in [-0.3, -0.25) is 4.90 Å². The molecule has 0 fully saturated rings. The lowest BCUT2D eigenvalue weighted by Crippen LogP contribution is -2.37. The highest BCUT2D eigenvalue weighted by Gasteiger charge is 2.36. The van der Waals surface area contributed by atoms with Crippen LogP contribution < -0.4 is 0 Å². The van der Waals surface area contributed by atoms with Crippen molar-refractivity contribution in [2.45, 2.75) is 13.1 Å². The van der Waals surface area contributed by atoms with Gasteiger partial charge in [0.25, 0.3) is 5.23 Å². The van der Waals surface area contributed by atoms with Gasteiger partial charge in [0.15, 0.2) is 0 Å². The molecule has 1 rings (SSSR count). The third kappa shape index (κ3) is 3.51. The van der Waals surface area contributed by atoms with Crippen LogP contribution in [0.2, 0.25) is 0 Å². The van der Waals surface area contributed by atoms with Gasteiger partial charge < -0.3 is 14.2 Å². The van der Waals surface area contributed by atoms with Crippen molar-refractivity contribution >= 4 is 28.9 Å². The number of hydrogen-bond acceptors (Lipinski definition) is 8. The summed E-state index contributed by atoms with van der Waals surface area (Å²) in [6, 6.07) is 0. The van der Waals surface area contributed by atoms with Crippen LogP contribution in [0.3, 0.4) is 0 Å². The molecule has 0 aliphatic carbocycles. The zero-order chi connectivity index (χ0) is 15.3. The zero-order valence-electron chi connectivity index (χ0n) is 12.1. The molecule has 7 nitrogen and oxygen atoms in total. The summed E-state index contributed by atoms with van der Waals surface area (Å²) in [5.41, 5.74) is 0.151. The van der Waals surface area contributed by atoms with E-state index in [0.29, 0.717) is 11.8 Å². The Hall–Kier alpha value is -1.54. The highest BCUT2D eigenvalue weighted by molar-refractivity contribution is 8.17. The number of carbonyl (C=O) groups is 2. The Kier molecular flexibility index (Phi) is 6.03. The fraction of sp³-hybridized carbons (Fsp3) is 0.583. The third-order valence-electron chi connectivity index (χ3n) is 2.45. The predicted octanol–water partition coefficient (Wildman–Crippen LogP) is 0.614. The van der Waals surface area contributed by atoms with Crippen molar-refractivity contribution in [3.8, 4) is 0 Å². The zero-order valence-corrected chi connectivity index (χ0v) is 12.9. The van der Waals surface area contributed by atoms with E-state index in [9.17, 15) is 9.59 Å². The summed E-state index contributed by atoms with van der Waals surface area (Å²) in [5.74, 6) is -1.23. The molecule has 0 aromatic carbocycles. The first-order valence-corrected chi connectivity index (χ1v) is 6.73. The molecule has 1 atom stereocenters. The second-order valence-corrected chi connectivity index (χ2v) is 4.95. The van der Waals surface area contributed by atoms with Crippen molar-refractivity contribution in [1.82, 2.24) is 4.90 Å². The van der Waals surface area contributed by atoms with E-state index >= 15 is 0 Å². The molecular formula is C12H18N2O5S. The molecule has 0 saturated heterocycles. The van der Waals surface area contributed by atoms with Gasteiger partial charge in [0.2, 0.25) is 0 Å². The number of aliphatic imine (C=N–C) groups is 1. The molecule has 1 unspecified atom stereocenters. The lowest BCUT2D eigenvalue weighted by molar-refractivity contribution is -0.139. The van der Waals surface area contributed by atoms with E-state index in [1.165, 1.54) is 14.2 Å². The maximum atomic E-state index is 11.9. The molecule has 1 heterocycles. The maximum Gasteiger partial charge on any atom is 0.345 e. The summed E-state index contributed by atoms with van der Waals surface area (Å²) in [7, 11) is 5.99. The van der Waals surface area contributed by atoms with Crippen molar-refractivity contribution in [2.75, 3.05) is 34.9 Å². The molecule has 0 aromatic heterocycles. The lowest BCUT2D eigenvalue weighted by atomic mass is 10.1. The Morgan fingerprint density at radius 1 is 1.25 bits per heavy atom. The summed E-state index contributed by atoms with van der Waals surface area (Å²) in [4.78, 5) is 29.9. The average Bonchev–Trinajstić information content (AvgIpc) is 2.44. The van der Waals surface area contributed by atoms with Crippen molar-refractivity contribution in [2.24, 2.45) is 4.99 Å². The quantitative estimate of drug-likeness (QED) is 0.704. The molecule has 1 aliphatic heterocycles. The van der Waals surface area contributed by atoms with Crippen molar-refractivity contribution in [3.63, 3.8) is 0 Å². The van der Waals surface area contributed by atoms with Gasteiger partial charge in [0.05, 0.1) is 26.4 Å². The third-order valence-corrected chi connectivity index (χ3v) is 3.44. The number of hydrogen-bond donors (Lipinski definition) is 0. The first-order valence-electron chi connectivity index (χ1n) is 5.91. The topological polar surface area (TPSA) is 77.4 Å². The van der Waals surface area contributed by atoms with Crippen LogP contribution in [0.4, 0.5) is 0 Å². The minimum absolute atomic E-state index is 0.136. The highest BCUT2D eigenvalue weighted by Crippen LogP contribution is 2.33. The van der Waals surface area contributed by atoms with Gasteiger partial charge >= 0.3 is 11.9 Å². The summed E-state index contributed by atoms with van der Waals surface area (Å²) in [5, 5.41) is 0.319. The SMILES string of the molecule is CCOC1=NC(N(C)C)C(C(=O)OC)=C(C(=O)OC)S1. The Morgan fingerprint density at radius 2 is 1.85 bits per heavy atom. The lowest BCUT2D eigenvalue weighted by Gasteiger charge is -2.27. The van der Waals surface area contributed by atoms with Gasteiger partial charge in [-0.15, -0.1) is 0 Å². The second kappa shape index (κ2) is 7.30. The van der Waals surface area contributed by atoms with E-state index in [4.69, 9.17) is 14.2 Å². The van der Waals surface area contributed by atoms with Crippen LogP contribution in [0.5, 0.6) is 0 Å². The second-order valence-electron chi connectivity index (χ2n) is 3.99.